The van der Waals surface area contributed by atoms with E-state index in [-0.39, 0.29) is 26.7 Å². The number of pyridine rings is 1. The first-order chi connectivity index (χ1) is 7.52. The second kappa shape index (κ2) is 5.71. The second-order valence-corrected chi connectivity index (χ2v) is 4.22. The molecule has 0 unspecified atom stereocenters. The average molecular weight is 282 g/mol. The molecule has 1 rings (SSSR count). The maximum Gasteiger partial charge on any atom is 0.274 e. The molecule has 0 aliphatic carbocycles. The molecule has 1 amide bonds. The summed E-state index contributed by atoms with van der Waals surface area (Å²) in [7, 11) is 0. The van der Waals surface area contributed by atoms with Crippen molar-refractivity contribution >= 4 is 40.7 Å². The number of carbonyl (C=O) groups excluding carboxylic acids is 1. The number of rotatable bonds is 3. The summed E-state index contributed by atoms with van der Waals surface area (Å²) in [5, 5.41) is 0.502. The van der Waals surface area contributed by atoms with Crippen LogP contribution in [0.25, 0.3) is 0 Å². The van der Waals surface area contributed by atoms with Crippen LogP contribution in [0.15, 0.2) is 6.20 Å². The third kappa shape index (κ3) is 2.59. The number of halogens is 3. The SMILES string of the molecule is CCN(CC)C(=O)c1ncc(Cl)c(Cl)c1Cl. The fraction of sp³-hybridized carbons (Fsp3) is 0.400. The molecular formula is C10H11Cl3N2O. The quantitative estimate of drug-likeness (QED) is 0.849. The zero-order valence-electron chi connectivity index (χ0n) is 8.93. The van der Waals surface area contributed by atoms with Crippen LogP contribution in [0.4, 0.5) is 0 Å². The Hall–Kier alpha value is -0.510. The summed E-state index contributed by atoms with van der Waals surface area (Å²) in [5.74, 6) is -0.242. The van der Waals surface area contributed by atoms with Gasteiger partial charge in [0.1, 0.15) is 5.69 Å². The van der Waals surface area contributed by atoms with Gasteiger partial charge in [-0.3, -0.25) is 4.79 Å². The van der Waals surface area contributed by atoms with Gasteiger partial charge in [-0.1, -0.05) is 34.8 Å². The van der Waals surface area contributed by atoms with Crippen molar-refractivity contribution in [3.05, 3.63) is 27.0 Å². The summed E-state index contributed by atoms with van der Waals surface area (Å²) in [6.45, 7) is 4.95. The van der Waals surface area contributed by atoms with E-state index in [0.29, 0.717) is 13.1 Å². The van der Waals surface area contributed by atoms with Crippen LogP contribution in [-0.4, -0.2) is 28.9 Å². The van der Waals surface area contributed by atoms with Crippen LogP contribution < -0.4 is 0 Å². The minimum Gasteiger partial charge on any atom is -0.338 e. The van der Waals surface area contributed by atoms with E-state index in [9.17, 15) is 4.79 Å². The highest BCUT2D eigenvalue weighted by Gasteiger charge is 2.20. The molecule has 88 valence electrons. The van der Waals surface area contributed by atoms with Crippen LogP contribution in [0.2, 0.25) is 15.1 Å². The molecule has 1 heterocycles. The molecule has 0 atom stereocenters. The fourth-order valence-corrected chi connectivity index (χ4v) is 1.81. The molecule has 0 aliphatic rings. The van der Waals surface area contributed by atoms with Crippen molar-refractivity contribution in [3.8, 4) is 0 Å². The molecule has 0 aromatic carbocycles. The predicted molar refractivity (Wildman–Crippen MR) is 66.5 cm³/mol. The van der Waals surface area contributed by atoms with Crippen molar-refractivity contribution in [3.63, 3.8) is 0 Å². The van der Waals surface area contributed by atoms with Gasteiger partial charge in [-0.2, -0.15) is 0 Å². The maximum absolute atomic E-state index is 12.0. The Morgan fingerprint density at radius 1 is 1.25 bits per heavy atom. The van der Waals surface area contributed by atoms with Crippen LogP contribution in [0, 0.1) is 0 Å². The second-order valence-electron chi connectivity index (χ2n) is 3.06. The van der Waals surface area contributed by atoms with E-state index in [1.807, 2.05) is 13.8 Å². The van der Waals surface area contributed by atoms with Crippen LogP contribution >= 0.6 is 34.8 Å². The van der Waals surface area contributed by atoms with Gasteiger partial charge in [-0.05, 0) is 13.8 Å². The molecule has 0 aliphatic heterocycles. The standard InChI is InChI=1S/C10H11Cl3N2O/c1-3-15(4-2)10(16)9-8(13)7(12)6(11)5-14-9/h5H,3-4H2,1-2H3. The Bertz CT molecular complexity index is 405. The van der Waals surface area contributed by atoms with Gasteiger partial charge in [0, 0.05) is 19.3 Å². The van der Waals surface area contributed by atoms with E-state index in [2.05, 4.69) is 4.98 Å². The monoisotopic (exact) mass is 280 g/mol. The number of hydrogen-bond donors (Lipinski definition) is 0. The number of amides is 1. The Morgan fingerprint density at radius 3 is 2.31 bits per heavy atom. The fourth-order valence-electron chi connectivity index (χ4n) is 1.25. The van der Waals surface area contributed by atoms with Crippen molar-refractivity contribution < 1.29 is 4.79 Å². The van der Waals surface area contributed by atoms with E-state index >= 15 is 0 Å². The Balaban J connectivity index is 3.14. The Kier molecular flexibility index (Phi) is 4.84. The van der Waals surface area contributed by atoms with Crippen LogP contribution in [0.5, 0.6) is 0 Å². The minimum atomic E-state index is -0.242. The van der Waals surface area contributed by atoms with Crippen LogP contribution in [0.3, 0.4) is 0 Å². The summed E-state index contributed by atoms with van der Waals surface area (Å²) in [5.41, 5.74) is 0.139. The van der Waals surface area contributed by atoms with Crippen LogP contribution in [0.1, 0.15) is 24.3 Å². The number of carbonyl (C=O) groups is 1. The molecule has 0 bridgehead atoms. The summed E-state index contributed by atoms with van der Waals surface area (Å²) in [4.78, 5) is 17.5. The number of nitrogens with zero attached hydrogens (tertiary/aromatic N) is 2. The molecule has 0 spiro atoms. The first-order valence-electron chi connectivity index (χ1n) is 4.81. The molecule has 1 aromatic heterocycles. The van der Waals surface area contributed by atoms with Gasteiger partial charge in [0.25, 0.3) is 5.91 Å². The smallest absolute Gasteiger partial charge is 0.274 e. The topological polar surface area (TPSA) is 33.2 Å². The van der Waals surface area contributed by atoms with Crippen LogP contribution in [-0.2, 0) is 0 Å². The first kappa shape index (κ1) is 13.6. The first-order valence-corrected chi connectivity index (χ1v) is 5.95. The number of aromatic nitrogens is 1. The average Bonchev–Trinajstić information content (AvgIpc) is 2.27. The molecule has 3 nitrogen and oxygen atoms in total. The van der Waals surface area contributed by atoms with E-state index in [4.69, 9.17) is 34.8 Å². The highest BCUT2D eigenvalue weighted by molar-refractivity contribution is 6.48. The van der Waals surface area contributed by atoms with Gasteiger partial charge in [-0.25, -0.2) is 4.98 Å². The summed E-state index contributed by atoms with van der Waals surface area (Å²) in [6.07, 6.45) is 1.33. The molecule has 0 saturated heterocycles. The molecule has 0 N–H and O–H groups in total. The molecule has 6 heteroatoms. The van der Waals surface area contributed by atoms with E-state index in [1.165, 1.54) is 6.20 Å². The molecule has 0 radical (unpaired) electrons. The minimum absolute atomic E-state index is 0.103. The Morgan fingerprint density at radius 2 is 1.81 bits per heavy atom. The van der Waals surface area contributed by atoms with Gasteiger partial charge < -0.3 is 4.90 Å². The van der Waals surface area contributed by atoms with Gasteiger partial charge in [0.2, 0.25) is 0 Å². The lowest BCUT2D eigenvalue weighted by Gasteiger charge is -2.18. The predicted octanol–water partition coefficient (Wildman–Crippen LogP) is 3.52. The normalized spacial score (nSPS) is 10.3. The lowest BCUT2D eigenvalue weighted by molar-refractivity contribution is 0.0767. The summed E-state index contributed by atoms with van der Waals surface area (Å²) < 4.78 is 0. The van der Waals surface area contributed by atoms with Crippen molar-refractivity contribution in [2.45, 2.75) is 13.8 Å². The molecule has 1 aromatic rings. The zero-order chi connectivity index (χ0) is 12.3. The number of hydrogen-bond acceptors (Lipinski definition) is 2. The third-order valence-electron chi connectivity index (χ3n) is 2.17. The highest BCUT2D eigenvalue weighted by atomic mass is 35.5. The summed E-state index contributed by atoms with van der Waals surface area (Å²) in [6, 6.07) is 0. The maximum atomic E-state index is 12.0. The Labute approximate surface area is 109 Å². The third-order valence-corrected chi connectivity index (χ3v) is 3.41. The van der Waals surface area contributed by atoms with Crippen molar-refractivity contribution in [1.82, 2.24) is 9.88 Å². The lowest BCUT2D eigenvalue weighted by atomic mass is 10.3. The van der Waals surface area contributed by atoms with Gasteiger partial charge in [0.15, 0.2) is 0 Å². The summed E-state index contributed by atoms with van der Waals surface area (Å²) >= 11 is 17.5. The van der Waals surface area contributed by atoms with Crippen molar-refractivity contribution in [2.24, 2.45) is 0 Å². The molecular weight excluding hydrogens is 270 g/mol. The van der Waals surface area contributed by atoms with E-state index in [0.717, 1.165) is 0 Å². The largest absolute Gasteiger partial charge is 0.338 e. The highest BCUT2D eigenvalue weighted by Crippen LogP contribution is 2.31. The van der Waals surface area contributed by atoms with Gasteiger partial charge >= 0.3 is 0 Å². The van der Waals surface area contributed by atoms with E-state index < -0.39 is 0 Å². The van der Waals surface area contributed by atoms with Crippen molar-refractivity contribution in [1.29, 1.82) is 0 Å². The van der Waals surface area contributed by atoms with Gasteiger partial charge in [0.05, 0.1) is 15.1 Å². The van der Waals surface area contributed by atoms with E-state index in [1.54, 1.807) is 4.90 Å². The molecule has 0 fully saturated rings. The van der Waals surface area contributed by atoms with Crippen molar-refractivity contribution in [2.75, 3.05) is 13.1 Å². The van der Waals surface area contributed by atoms with Gasteiger partial charge in [-0.15, -0.1) is 0 Å². The molecule has 16 heavy (non-hydrogen) atoms. The zero-order valence-corrected chi connectivity index (χ0v) is 11.2. The lowest BCUT2D eigenvalue weighted by Crippen LogP contribution is -2.31. The molecule has 0 saturated carbocycles.